The fourth-order valence-electron chi connectivity index (χ4n) is 0.951. The number of aliphatic hydroxyl groups is 1. The minimum Gasteiger partial charge on any atom is -0.393 e. The maximum absolute atomic E-state index is 12.6. The monoisotopic (exact) mass is 119 g/mol. The smallest absolute Gasteiger partial charge is 0.128 e. The van der Waals surface area contributed by atoms with Gasteiger partial charge >= 0.3 is 0 Å². The standard InChI is InChI=1S/C5H10FNO/c6-5(3-7)1-4(8)2-5/h4,8H,1-3,7H2. The number of alkyl halides is 1. The van der Waals surface area contributed by atoms with Gasteiger partial charge in [0, 0.05) is 19.4 Å². The van der Waals surface area contributed by atoms with Crippen LogP contribution in [0.4, 0.5) is 4.39 Å². The van der Waals surface area contributed by atoms with Gasteiger partial charge in [-0.15, -0.1) is 0 Å². The van der Waals surface area contributed by atoms with Gasteiger partial charge in [-0.05, 0) is 0 Å². The fraction of sp³-hybridized carbons (Fsp3) is 1.00. The van der Waals surface area contributed by atoms with Crippen molar-refractivity contribution in [3.8, 4) is 0 Å². The first kappa shape index (κ1) is 5.98. The highest BCUT2D eigenvalue weighted by Crippen LogP contribution is 2.34. The van der Waals surface area contributed by atoms with Gasteiger partial charge in [-0.2, -0.15) is 0 Å². The van der Waals surface area contributed by atoms with Gasteiger partial charge in [0.1, 0.15) is 5.67 Å². The molecular formula is C5H10FNO. The van der Waals surface area contributed by atoms with E-state index in [-0.39, 0.29) is 19.4 Å². The highest BCUT2D eigenvalue weighted by atomic mass is 19.1. The Kier molecular flexibility index (Phi) is 1.25. The fourth-order valence-corrected chi connectivity index (χ4v) is 0.951. The SMILES string of the molecule is NCC1(F)CC(O)C1. The van der Waals surface area contributed by atoms with E-state index in [9.17, 15) is 4.39 Å². The molecule has 2 nitrogen and oxygen atoms in total. The molecule has 1 rings (SSSR count). The lowest BCUT2D eigenvalue weighted by Gasteiger charge is -2.37. The Balaban J connectivity index is 2.30. The van der Waals surface area contributed by atoms with E-state index >= 15 is 0 Å². The lowest BCUT2D eigenvalue weighted by Crippen LogP contribution is -2.48. The van der Waals surface area contributed by atoms with Gasteiger partial charge in [0.15, 0.2) is 0 Å². The van der Waals surface area contributed by atoms with Crippen LogP contribution in [0.1, 0.15) is 12.8 Å². The van der Waals surface area contributed by atoms with E-state index in [4.69, 9.17) is 10.8 Å². The second kappa shape index (κ2) is 1.67. The number of hydrogen-bond acceptors (Lipinski definition) is 2. The van der Waals surface area contributed by atoms with Crippen molar-refractivity contribution in [1.29, 1.82) is 0 Å². The first-order chi connectivity index (χ1) is 3.66. The quantitative estimate of drug-likeness (QED) is 0.502. The molecule has 0 aromatic heterocycles. The summed E-state index contributed by atoms with van der Waals surface area (Å²) in [4.78, 5) is 0. The molecule has 0 bridgehead atoms. The number of hydrogen-bond donors (Lipinski definition) is 2. The molecule has 1 aliphatic rings. The average Bonchev–Trinajstić information content (AvgIpc) is 1.63. The summed E-state index contributed by atoms with van der Waals surface area (Å²) in [7, 11) is 0. The van der Waals surface area contributed by atoms with Crippen LogP contribution in [-0.2, 0) is 0 Å². The van der Waals surface area contributed by atoms with E-state index in [1.165, 1.54) is 0 Å². The van der Waals surface area contributed by atoms with Crippen LogP contribution in [0.25, 0.3) is 0 Å². The van der Waals surface area contributed by atoms with Gasteiger partial charge in [-0.3, -0.25) is 0 Å². The maximum atomic E-state index is 12.6. The van der Waals surface area contributed by atoms with Gasteiger partial charge < -0.3 is 10.8 Å². The molecule has 48 valence electrons. The zero-order valence-corrected chi connectivity index (χ0v) is 4.60. The van der Waals surface area contributed by atoms with Gasteiger partial charge in [-0.1, -0.05) is 0 Å². The highest BCUT2D eigenvalue weighted by molar-refractivity contribution is 4.95. The molecule has 8 heavy (non-hydrogen) atoms. The van der Waals surface area contributed by atoms with E-state index in [0.29, 0.717) is 0 Å². The van der Waals surface area contributed by atoms with E-state index < -0.39 is 11.8 Å². The lowest BCUT2D eigenvalue weighted by atomic mass is 9.79. The van der Waals surface area contributed by atoms with Crippen LogP contribution < -0.4 is 5.73 Å². The molecule has 1 saturated carbocycles. The Morgan fingerprint density at radius 3 is 2.38 bits per heavy atom. The van der Waals surface area contributed by atoms with Gasteiger partial charge in [-0.25, -0.2) is 4.39 Å². The largest absolute Gasteiger partial charge is 0.393 e. The molecule has 0 heterocycles. The second-order valence-corrected chi connectivity index (χ2v) is 2.42. The zero-order chi connectivity index (χ0) is 6.20. The lowest BCUT2D eigenvalue weighted by molar-refractivity contribution is -0.0497. The Hall–Kier alpha value is -0.150. The molecule has 0 spiro atoms. The van der Waals surface area contributed by atoms with Crippen LogP contribution >= 0.6 is 0 Å². The number of nitrogens with two attached hydrogens (primary N) is 1. The van der Waals surface area contributed by atoms with Crippen molar-refractivity contribution in [3.63, 3.8) is 0 Å². The summed E-state index contributed by atoms with van der Waals surface area (Å²) in [5.74, 6) is 0. The van der Waals surface area contributed by atoms with Crippen LogP contribution in [0.3, 0.4) is 0 Å². The first-order valence-corrected chi connectivity index (χ1v) is 2.73. The van der Waals surface area contributed by atoms with Crippen molar-refractivity contribution in [1.82, 2.24) is 0 Å². The molecule has 1 fully saturated rings. The Morgan fingerprint density at radius 1 is 1.75 bits per heavy atom. The molecule has 0 saturated heterocycles. The van der Waals surface area contributed by atoms with Crippen LogP contribution in [0, 0.1) is 0 Å². The Morgan fingerprint density at radius 2 is 2.25 bits per heavy atom. The number of rotatable bonds is 1. The van der Waals surface area contributed by atoms with Crippen LogP contribution in [-0.4, -0.2) is 23.4 Å². The van der Waals surface area contributed by atoms with Gasteiger partial charge in [0.2, 0.25) is 0 Å². The predicted octanol–water partition coefficient (Wildman–Crippen LogP) is -0.192. The maximum Gasteiger partial charge on any atom is 0.128 e. The Bertz CT molecular complexity index is 90.4. The highest BCUT2D eigenvalue weighted by Gasteiger charge is 2.42. The van der Waals surface area contributed by atoms with Crippen molar-refractivity contribution in [2.24, 2.45) is 5.73 Å². The summed E-state index contributed by atoms with van der Waals surface area (Å²) < 4.78 is 12.6. The van der Waals surface area contributed by atoms with Crippen molar-refractivity contribution in [2.45, 2.75) is 24.6 Å². The summed E-state index contributed by atoms with van der Waals surface area (Å²) in [6, 6.07) is 0. The predicted molar refractivity (Wildman–Crippen MR) is 28.1 cm³/mol. The van der Waals surface area contributed by atoms with Crippen molar-refractivity contribution < 1.29 is 9.50 Å². The third-order valence-corrected chi connectivity index (χ3v) is 1.57. The minimum atomic E-state index is -1.24. The molecule has 0 aromatic carbocycles. The number of halogens is 1. The first-order valence-electron chi connectivity index (χ1n) is 2.73. The van der Waals surface area contributed by atoms with Gasteiger partial charge in [0.05, 0.1) is 6.10 Å². The van der Waals surface area contributed by atoms with Gasteiger partial charge in [0.25, 0.3) is 0 Å². The molecule has 1 aliphatic carbocycles. The molecule has 0 unspecified atom stereocenters. The summed E-state index contributed by atoms with van der Waals surface area (Å²) in [5.41, 5.74) is 3.81. The normalized spacial score (nSPS) is 46.1. The molecular weight excluding hydrogens is 109 g/mol. The topological polar surface area (TPSA) is 46.2 Å². The summed E-state index contributed by atoms with van der Waals surface area (Å²) in [6.07, 6.45) is 0.0102. The molecule has 3 heteroatoms. The van der Waals surface area contributed by atoms with Crippen LogP contribution in [0.15, 0.2) is 0 Å². The molecule has 0 aliphatic heterocycles. The molecule has 0 atom stereocenters. The van der Waals surface area contributed by atoms with Crippen molar-refractivity contribution in [2.75, 3.05) is 6.54 Å². The third kappa shape index (κ3) is 0.833. The second-order valence-electron chi connectivity index (χ2n) is 2.42. The molecule has 3 N–H and O–H groups in total. The number of aliphatic hydroxyl groups excluding tert-OH is 1. The zero-order valence-electron chi connectivity index (χ0n) is 4.60. The van der Waals surface area contributed by atoms with Crippen molar-refractivity contribution in [3.05, 3.63) is 0 Å². The van der Waals surface area contributed by atoms with E-state index in [1.54, 1.807) is 0 Å². The summed E-state index contributed by atoms with van der Waals surface area (Å²) in [5, 5.41) is 8.62. The van der Waals surface area contributed by atoms with E-state index in [2.05, 4.69) is 0 Å². The van der Waals surface area contributed by atoms with Crippen molar-refractivity contribution >= 4 is 0 Å². The summed E-state index contributed by atoms with van der Waals surface area (Å²) >= 11 is 0. The van der Waals surface area contributed by atoms with E-state index in [1.807, 2.05) is 0 Å². The van der Waals surface area contributed by atoms with E-state index in [0.717, 1.165) is 0 Å². The molecule has 0 radical (unpaired) electrons. The van der Waals surface area contributed by atoms with Crippen LogP contribution in [0.5, 0.6) is 0 Å². The molecule has 0 amide bonds. The third-order valence-electron chi connectivity index (χ3n) is 1.57. The van der Waals surface area contributed by atoms with Crippen LogP contribution in [0.2, 0.25) is 0 Å². The summed E-state index contributed by atoms with van der Waals surface area (Å²) in [6.45, 7) is 0.0457. The molecule has 0 aromatic rings. The Labute approximate surface area is 47.5 Å². The average molecular weight is 119 g/mol. The minimum absolute atomic E-state index is 0.0457.